The third kappa shape index (κ3) is 2.81. The molecule has 1 fully saturated rings. The van der Waals surface area contributed by atoms with Crippen molar-refractivity contribution < 1.29 is 9.32 Å². The van der Waals surface area contributed by atoms with Gasteiger partial charge in [0.05, 0.1) is 6.33 Å². The Morgan fingerprint density at radius 3 is 3.05 bits per heavy atom. The van der Waals surface area contributed by atoms with E-state index in [1.54, 1.807) is 23.3 Å². The molecule has 0 aromatic carbocycles. The van der Waals surface area contributed by atoms with Crippen molar-refractivity contribution in [2.24, 2.45) is 0 Å². The summed E-state index contributed by atoms with van der Waals surface area (Å²) in [6.07, 6.45) is 6.93. The number of carbonyl (C=O) groups excluding carboxylic acids is 1. The second-order valence-corrected chi connectivity index (χ2v) is 5.63. The molecular formula is C14H19N5O2. The van der Waals surface area contributed by atoms with Gasteiger partial charge in [0.15, 0.2) is 5.82 Å². The van der Waals surface area contributed by atoms with Crippen molar-refractivity contribution in [3.8, 4) is 0 Å². The fourth-order valence-electron chi connectivity index (χ4n) is 2.57. The molecule has 0 saturated carbocycles. The van der Waals surface area contributed by atoms with Crippen LogP contribution in [0.2, 0.25) is 0 Å². The topological polar surface area (TPSA) is 77.0 Å². The van der Waals surface area contributed by atoms with Crippen LogP contribution in [0.5, 0.6) is 0 Å². The highest BCUT2D eigenvalue weighted by atomic mass is 16.5. The van der Waals surface area contributed by atoms with Crippen molar-refractivity contribution in [1.82, 2.24) is 24.6 Å². The van der Waals surface area contributed by atoms with E-state index < -0.39 is 0 Å². The molecule has 0 radical (unpaired) electrons. The molecule has 2 aromatic rings. The van der Waals surface area contributed by atoms with Crippen LogP contribution < -0.4 is 0 Å². The normalized spacial score (nSPS) is 18.6. The Morgan fingerprint density at radius 1 is 1.52 bits per heavy atom. The van der Waals surface area contributed by atoms with Gasteiger partial charge in [0.2, 0.25) is 11.8 Å². The Hall–Kier alpha value is -2.18. The highest BCUT2D eigenvalue weighted by molar-refractivity contribution is 5.76. The lowest BCUT2D eigenvalue weighted by Gasteiger charge is -2.21. The fraction of sp³-hybridized carbons (Fsp3) is 0.571. The van der Waals surface area contributed by atoms with Crippen LogP contribution in [0, 0.1) is 0 Å². The first kappa shape index (κ1) is 13.8. The number of nitrogens with zero attached hydrogens (tertiary/aromatic N) is 5. The zero-order valence-electron chi connectivity index (χ0n) is 12.3. The Morgan fingerprint density at radius 2 is 2.38 bits per heavy atom. The molecule has 7 nitrogen and oxygen atoms in total. The maximum Gasteiger partial charge on any atom is 0.249 e. The molecule has 7 heteroatoms. The molecule has 1 saturated heterocycles. The maximum absolute atomic E-state index is 12.4. The number of rotatable bonds is 4. The SMILES string of the molecule is CC(C)c1noc([C@H]2CCCN2C(=O)Cn2ccnc2)n1. The van der Waals surface area contributed by atoms with Crippen LogP contribution in [0.1, 0.15) is 50.4 Å². The number of imidazole rings is 1. The highest BCUT2D eigenvalue weighted by Gasteiger charge is 2.34. The standard InChI is InChI=1S/C14H19N5O2/c1-10(2)13-16-14(21-17-13)11-4-3-6-19(11)12(20)8-18-7-5-15-9-18/h5,7,9-11H,3-4,6,8H2,1-2H3/t11-/m1/s1. The summed E-state index contributed by atoms with van der Waals surface area (Å²) in [6, 6.07) is -0.0963. The Labute approximate surface area is 123 Å². The monoisotopic (exact) mass is 289 g/mol. The molecule has 0 spiro atoms. The van der Waals surface area contributed by atoms with Crippen LogP contribution in [0.3, 0.4) is 0 Å². The molecule has 0 N–H and O–H groups in total. The van der Waals surface area contributed by atoms with Crippen molar-refractivity contribution in [3.05, 3.63) is 30.4 Å². The van der Waals surface area contributed by atoms with E-state index in [9.17, 15) is 4.79 Å². The first-order valence-electron chi connectivity index (χ1n) is 7.24. The van der Waals surface area contributed by atoms with Crippen molar-refractivity contribution in [1.29, 1.82) is 0 Å². The second-order valence-electron chi connectivity index (χ2n) is 5.63. The summed E-state index contributed by atoms with van der Waals surface area (Å²) in [5, 5.41) is 3.99. The fourth-order valence-corrected chi connectivity index (χ4v) is 2.57. The summed E-state index contributed by atoms with van der Waals surface area (Å²) in [6.45, 7) is 5.07. The molecule has 1 aliphatic rings. The zero-order chi connectivity index (χ0) is 14.8. The largest absolute Gasteiger partial charge is 0.337 e. The van der Waals surface area contributed by atoms with Crippen molar-refractivity contribution >= 4 is 5.91 Å². The molecular weight excluding hydrogens is 270 g/mol. The van der Waals surface area contributed by atoms with Gasteiger partial charge < -0.3 is 14.0 Å². The number of amides is 1. The van der Waals surface area contributed by atoms with E-state index in [0.29, 0.717) is 18.3 Å². The molecule has 0 unspecified atom stereocenters. The minimum absolute atomic E-state index is 0.0554. The molecule has 3 rings (SSSR count). The van der Waals surface area contributed by atoms with Gasteiger partial charge in [0, 0.05) is 24.9 Å². The van der Waals surface area contributed by atoms with E-state index in [-0.39, 0.29) is 17.9 Å². The van der Waals surface area contributed by atoms with E-state index in [2.05, 4.69) is 15.1 Å². The average Bonchev–Trinajstić information content (AvgIpc) is 3.19. The second kappa shape index (κ2) is 5.67. The lowest BCUT2D eigenvalue weighted by molar-refractivity contribution is -0.133. The molecule has 1 amide bonds. The molecule has 0 bridgehead atoms. The van der Waals surface area contributed by atoms with Gasteiger partial charge in [-0.3, -0.25) is 4.79 Å². The summed E-state index contributed by atoms with van der Waals surface area (Å²) < 4.78 is 7.12. The Balaban J connectivity index is 1.73. The number of hydrogen-bond acceptors (Lipinski definition) is 5. The molecule has 112 valence electrons. The first-order chi connectivity index (χ1) is 10.1. The minimum atomic E-state index is -0.0963. The summed E-state index contributed by atoms with van der Waals surface area (Å²) in [5.41, 5.74) is 0. The molecule has 1 aliphatic heterocycles. The lowest BCUT2D eigenvalue weighted by atomic mass is 10.2. The van der Waals surface area contributed by atoms with Gasteiger partial charge in [-0.2, -0.15) is 4.98 Å². The molecule has 21 heavy (non-hydrogen) atoms. The summed E-state index contributed by atoms with van der Waals surface area (Å²) in [5.74, 6) is 1.52. The summed E-state index contributed by atoms with van der Waals surface area (Å²) in [7, 11) is 0. The van der Waals surface area contributed by atoms with Crippen molar-refractivity contribution in [3.63, 3.8) is 0 Å². The van der Waals surface area contributed by atoms with Crippen LogP contribution in [0.25, 0.3) is 0 Å². The highest BCUT2D eigenvalue weighted by Crippen LogP contribution is 2.31. The van der Waals surface area contributed by atoms with E-state index >= 15 is 0 Å². The Kier molecular flexibility index (Phi) is 3.72. The van der Waals surface area contributed by atoms with Crippen molar-refractivity contribution in [2.45, 2.75) is 45.2 Å². The van der Waals surface area contributed by atoms with E-state index in [4.69, 9.17) is 4.52 Å². The Bertz CT molecular complexity index is 605. The van der Waals surface area contributed by atoms with E-state index in [1.807, 2.05) is 18.7 Å². The predicted molar refractivity (Wildman–Crippen MR) is 74.3 cm³/mol. The quantitative estimate of drug-likeness (QED) is 0.857. The molecule has 2 aromatic heterocycles. The van der Waals surface area contributed by atoms with Gasteiger partial charge in [-0.15, -0.1) is 0 Å². The summed E-state index contributed by atoms with van der Waals surface area (Å²) >= 11 is 0. The van der Waals surface area contributed by atoms with E-state index in [1.165, 1.54) is 0 Å². The number of carbonyl (C=O) groups is 1. The number of hydrogen-bond donors (Lipinski definition) is 0. The van der Waals surface area contributed by atoms with Gasteiger partial charge in [0.1, 0.15) is 12.6 Å². The number of likely N-dealkylation sites (tertiary alicyclic amines) is 1. The number of aromatic nitrogens is 4. The average molecular weight is 289 g/mol. The molecule has 3 heterocycles. The zero-order valence-corrected chi connectivity index (χ0v) is 12.3. The summed E-state index contributed by atoms with van der Waals surface area (Å²) in [4.78, 5) is 22.6. The van der Waals surface area contributed by atoms with Gasteiger partial charge >= 0.3 is 0 Å². The van der Waals surface area contributed by atoms with E-state index in [0.717, 1.165) is 19.4 Å². The van der Waals surface area contributed by atoms with Gasteiger partial charge in [-0.05, 0) is 12.8 Å². The van der Waals surface area contributed by atoms with Crippen LogP contribution in [-0.4, -0.2) is 37.0 Å². The minimum Gasteiger partial charge on any atom is -0.337 e. The van der Waals surface area contributed by atoms with Crippen LogP contribution in [0.15, 0.2) is 23.2 Å². The van der Waals surface area contributed by atoms with Crippen molar-refractivity contribution in [2.75, 3.05) is 6.54 Å². The third-order valence-corrected chi connectivity index (χ3v) is 3.71. The van der Waals surface area contributed by atoms with Gasteiger partial charge in [0.25, 0.3) is 0 Å². The molecule has 1 atom stereocenters. The molecule has 0 aliphatic carbocycles. The lowest BCUT2D eigenvalue weighted by Crippen LogP contribution is -2.33. The van der Waals surface area contributed by atoms with Crippen LogP contribution in [0.4, 0.5) is 0 Å². The van der Waals surface area contributed by atoms with Crippen LogP contribution >= 0.6 is 0 Å². The third-order valence-electron chi connectivity index (χ3n) is 3.71. The maximum atomic E-state index is 12.4. The van der Waals surface area contributed by atoms with Gasteiger partial charge in [-0.25, -0.2) is 4.98 Å². The predicted octanol–water partition coefficient (Wildman–Crippen LogP) is 1.75. The first-order valence-corrected chi connectivity index (χ1v) is 7.24. The van der Waals surface area contributed by atoms with Gasteiger partial charge in [-0.1, -0.05) is 19.0 Å². The van der Waals surface area contributed by atoms with Crippen LogP contribution in [-0.2, 0) is 11.3 Å². The smallest absolute Gasteiger partial charge is 0.249 e.